The van der Waals surface area contributed by atoms with Crippen LogP contribution >= 0.6 is 0 Å². The molecule has 1 aliphatic heterocycles. The average Bonchev–Trinajstić information content (AvgIpc) is 2.66. The lowest BCUT2D eigenvalue weighted by molar-refractivity contribution is 0.340. The van der Waals surface area contributed by atoms with Crippen molar-refractivity contribution in [3.63, 3.8) is 0 Å². The number of rotatable bonds is 6. The molecule has 1 fully saturated rings. The summed E-state index contributed by atoms with van der Waals surface area (Å²) in [4.78, 5) is 4.10. The van der Waals surface area contributed by atoms with E-state index in [-0.39, 0.29) is 11.5 Å². The fourth-order valence-corrected chi connectivity index (χ4v) is 3.09. The summed E-state index contributed by atoms with van der Waals surface area (Å²) in [7, 11) is 3.55. The molecule has 0 bridgehead atoms. The van der Waals surface area contributed by atoms with Crippen molar-refractivity contribution >= 4 is 23.8 Å². The molecule has 1 aliphatic rings. The molecule has 0 spiro atoms. The first-order valence-corrected chi connectivity index (χ1v) is 8.74. The number of piperidine rings is 1. The van der Waals surface area contributed by atoms with E-state index >= 15 is 0 Å². The summed E-state index contributed by atoms with van der Waals surface area (Å²) in [5.74, 6) is -0.602. The summed E-state index contributed by atoms with van der Waals surface area (Å²) in [6.45, 7) is 8.49. The Morgan fingerprint density at radius 2 is 1.92 bits per heavy atom. The van der Waals surface area contributed by atoms with Gasteiger partial charge in [0.15, 0.2) is 5.83 Å². The number of aliphatic imine (C=N–C) groups is 1. The van der Waals surface area contributed by atoms with Crippen LogP contribution in [0, 0.1) is 0 Å². The molecule has 26 heavy (non-hydrogen) atoms. The van der Waals surface area contributed by atoms with Crippen molar-refractivity contribution in [1.82, 2.24) is 10.4 Å². The minimum atomic E-state index is -0.726. The third-order valence-electron chi connectivity index (χ3n) is 4.69. The number of hydrazine groups is 1. The first-order chi connectivity index (χ1) is 12.3. The van der Waals surface area contributed by atoms with Crippen LogP contribution in [-0.4, -0.2) is 49.8 Å². The number of aliphatic hydroxyl groups is 1. The highest BCUT2D eigenvalue weighted by Gasteiger charge is 2.19. The number of nitrogens with one attached hydrogen (secondary N) is 1. The molecule has 0 aliphatic carbocycles. The number of aliphatic hydroxyl groups excluding tert-OH is 1. The summed E-state index contributed by atoms with van der Waals surface area (Å²) in [5, 5.41) is 20.2. The Kier molecular flexibility index (Phi) is 6.74. The Balaban J connectivity index is 2.31. The van der Waals surface area contributed by atoms with Crippen LogP contribution in [0.1, 0.15) is 38.2 Å². The maximum Gasteiger partial charge on any atom is 0.183 e. The van der Waals surface area contributed by atoms with Gasteiger partial charge in [0.1, 0.15) is 5.76 Å². The first-order valence-electron chi connectivity index (χ1n) is 8.74. The van der Waals surface area contributed by atoms with E-state index in [1.165, 1.54) is 24.5 Å². The van der Waals surface area contributed by atoms with Crippen LogP contribution in [0.2, 0.25) is 0 Å². The second kappa shape index (κ2) is 8.80. The largest absolute Gasteiger partial charge is 0.509 e. The number of anilines is 1. The van der Waals surface area contributed by atoms with E-state index in [4.69, 9.17) is 0 Å². The number of benzene rings is 1. The van der Waals surface area contributed by atoms with Gasteiger partial charge in [-0.2, -0.15) is 5.10 Å². The SMILES string of the molecule is C=Nc1ccc(C2CCNCC2)cc1N(C)N(C)/N=C(C)/C(F)=C(\C)O. The number of hydrogen-bond donors (Lipinski definition) is 2. The number of allylic oxidation sites excluding steroid dienone is 2. The Labute approximate surface area is 154 Å². The highest BCUT2D eigenvalue weighted by molar-refractivity contribution is 5.96. The predicted octanol–water partition coefficient (Wildman–Crippen LogP) is 3.90. The van der Waals surface area contributed by atoms with E-state index in [0.29, 0.717) is 5.92 Å². The van der Waals surface area contributed by atoms with Crippen molar-refractivity contribution in [3.05, 3.63) is 35.3 Å². The fraction of sp³-hybridized carbons (Fsp3) is 0.474. The third kappa shape index (κ3) is 4.60. The van der Waals surface area contributed by atoms with Crippen LogP contribution < -0.4 is 10.3 Å². The molecule has 0 aromatic heterocycles. The molecule has 1 aromatic carbocycles. The summed E-state index contributed by atoms with van der Waals surface area (Å²) < 4.78 is 13.8. The Bertz CT molecular complexity index is 706. The molecule has 0 unspecified atom stereocenters. The second-order valence-corrected chi connectivity index (χ2v) is 6.53. The zero-order valence-electron chi connectivity index (χ0n) is 16.0. The van der Waals surface area contributed by atoms with Crippen LogP contribution in [0.25, 0.3) is 0 Å². The minimum absolute atomic E-state index is 0.0990. The van der Waals surface area contributed by atoms with Crippen LogP contribution in [0.5, 0.6) is 0 Å². The van der Waals surface area contributed by atoms with E-state index in [9.17, 15) is 9.50 Å². The average molecular weight is 361 g/mol. The monoisotopic (exact) mass is 361 g/mol. The van der Waals surface area contributed by atoms with Crippen molar-refractivity contribution in [2.24, 2.45) is 10.1 Å². The standard InChI is InChI=1S/C19H28FN5O/c1-13(19(20)14(2)26)23-25(5)24(4)18-12-16(6-7-17(18)21-3)15-8-10-22-11-9-15/h6-7,12,15,22,26H,3,8-11H2,1-2,4-5H3/b19-14-,23-13+. The van der Waals surface area contributed by atoms with E-state index in [1.54, 1.807) is 12.1 Å². The van der Waals surface area contributed by atoms with Gasteiger partial charge in [0.2, 0.25) is 0 Å². The molecule has 0 radical (unpaired) electrons. The molecule has 1 heterocycles. The zero-order valence-corrected chi connectivity index (χ0v) is 16.0. The molecule has 2 N–H and O–H groups in total. The zero-order chi connectivity index (χ0) is 19.3. The first kappa shape index (κ1) is 19.9. The maximum atomic E-state index is 13.8. The van der Waals surface area contributed by atoms with Gasteiger partial charge in [-0.25, -0.2) is 9.51 Å². The highest BCUT2D eigenvalue weighted by Crippen LogP contribution is 2.34. The van der Waals surface area contributed by atoms with Crippen LogP contribution in [0.3, 0.4) is 0 Å². The number of halogens is 1. The molecule has 0 amide bonds. The van der Waals surface area contributed by atoms with E-state index in [2.05, 4.69) is 34.3 Å². The predicted molar refractivity (Wildman–Crippen MR) is 106 cm³/mol. The van der Waals surface area contributed by atoms with Gasteiger partial charge in [0, 0.05) is 14.1 Å². The smallest absolute Gasteiger partial charge is 0.183 e. The molecule has 142 valence electrons. The van der Waals surface area contributed by atoms with Gasteiger partial charge in [-0.1, -0.05) is 6.07 Å². The molecule has 1 saturated heterocycles. The minimum Gasteiger partial charge on any atom is -0.509 e. The van der Waals surface area contributed by atoms with Crippen molar-refractivity contribution in [2.45, 2.75) is 32.6 Å². The molecule has 0 atom stereocenters. The fourth-order valence-electron chi connectivity index (χ4n) is 3.09. The van der Waals surface area contributed by atoms with Gasteiger partial charge in [-0.3, -0.25) is 10.0 Å². The quantitative estimate of drug-likeness (QED) is 0.458. The van der Waals surface area contributed by atoms with Crippen LogP contribution in [0.4, 0.5) is 15.8 Å². The van der Waals surface area contributed by atoms with Gasteiger partial charge in [-0.05, 0) is 70.1 Å². The molecule has 7 heteroatoms. The van der Waals surface area contributed by atoms with Crippen LogP contribution in [0.15, 0.2) is 39.9 Å². The lowest BCUT2D eigenvalue weighted by Crippen LogP contribution is -2.33. The van der Waals surface area contributed by atoms with Gasteiger partial charge in [-0.15, -0.1) is 0 Å². The molecule has 1 aromatic rings. The summed E-state index contributed by atoms with van der Waals surface area (Å²) in [6, 6.07) is 6.16. The molecular formula is C19H28FN5O. The molecule has 2 rings (SSSR count). The Hall–Kier alpha value is -2.41. The lowest BCUT2D eigenvalue weighted by Gasteiger charge is -2.30. The molecule has 6 nitrogen and oxygen atoms in total. The summed E-state index contributed by atoms with van der Waals surface area (Å²) in [5.41, 5.74) is 2.94. The highest BCUT2D eigenvalue weighted by atomic mass is 19.1. The summed E-state index contributed by atoms with van der Waals surface area (Å²) >= 11 is 0. The number of nitrogens with zero attached hydrogens (tertiary/aromatic N) is 4. The van der Waals surface area contributed by atoms with Crippen molar-refractivity contribution in [1.29, 1.82) is 0 Å². The number of hydrogen-bond acceptors (Lipinski definition) is 6. The van der Waals surface area contributed by atoms with E-state index in [1.807, 2.05) is 13.1 Å². The molecule has 0 saturated carbocycles. The topological polar surface area (TPSA) is 63.5 Å². The van der Waals surface area contributed by atoms with E-state index < -0.39 is 5.83 Å². The molecular weight excluding hydrogens is 333 g/mol. The number of hydrazone groups is 1. The van der Waals surface area contributed by atoms with Crippen molar-refractivity contribution < 1.29 is 9.50 Å². The van der Waals surface area contributed by atoms with Crippen molar-refractivity contribution in [3.8, 4) is 0 Å². The second-order valence-electron chi connectivity index (χ2n) is 6.53. The van der Waals surface area contributed by atoms with Crippen molar-refractivity contribution in [2.75, 3.05) is 32.2 Å². The third-order valence-corrected chi connectivity index (χ3v) is 4.69. The maximum absolute atomic E-state index is 13.8. The summed E-state index contributed by atoms with van der Waals surface area (Å²) in [6.07, 6.45) is 2.20. The van der Waals surface area contributed by atoms with Gasteiger partial charge in [0.25, 0.3) is 0 Å². The van der Waals surface area contributed by atoms with E-state index in [0.717, 1.165) is 37.3 Å². The van der Waals surface area contributed by atoms with Gasteiger partial charge < -0.3 is 10.4 Å². The van der Waals surface area contributed by atoms with Gasteiger partial charge in [0.05, 0.1) is 17.1 Å². The Morgan fingerprint density at radius 1 is 1.27 bits per heavy atom. The lowest BCUT2D eigenvalue weighted by atomic mass is 9.90. The van der Waals surface area contributed by atoms with Crippen LogP contribution in [-0.2, 0) is 0 Å². The van der Waals surface area contributed by atoms with Gasteiger partial charge >= 0.3 is 0 Å². The Morgan fingerprint density at radius 3 is 2.50 bits per heavy atom. The normalized spacial score (nSPS) is 16.9.